The van der Waals surface area contributed by atoms with Gasteiger partial charge in [-0.3, -0.25) is 4.99 Å². The fourth-order valence-electron chi connectivity index (χ4n) is 1.46. The summed E-state index contributed by atoms with van der Waals surface area (Å²) in [5, 5.41) is 0.706. The van der Waals surface area contributed by atoms with E-state index in [0.717, 1.165) is 11.4 Å². The Kier molecular flexibility index (Phi) is 3.11. The Labute approximate surface area is 100 Å². The van der Waals surface area contributed by atoms with Gasteiger partial charge >= 0.3 is 0 Å². The summed E-state index contributed by atoms with van der Waals surface area (Å²) in [5.74, 6) is 0. The minimum absolute atomic E-state index is 0.706. The summed E-state index contributed by atoms with van der Waals surface area (Å²) >= 11 is 5.88. The van der Waals surface area contributed by atoms with Crippen molar-refractivity contribution < 1.29 is 0 Å². The summed E-state index contributed by atoms with van der Waals surface area (Å²) in [4.78, 5) is 4.38. The normalized spacial score (nSPS) is 11.2. The molecule has 0 aliphatic carbocycles. The van der Waals surface area contributed by atoms with Gasteiger partial charge < -0.3 is 4.57 Å². The van der Waals surface area contributed by atoms with Crippen molar-refractivity contribution in [3.8, 4) is 0 Å². The first-order chi connectivity index (χ1) is 7.66. The van der Waals surface area contributed by atoms with Crippen LogP contribution in [-0.2, 0) is 7.05 Å². The minimum Gasteiger partial charge on any atom is -0.347 e. The second kappa shape index (κ2) is 4.54. The van der Waals surface area contributed by atoms with Crippen molar-refractivity contribution >= 4 is 23.5 Å². The first kappa shape index (κ1) is 11.0. The number of hydrogen-bond donors (Lipinski definition) is 0. The third-order valence-electron chi connectivity index (χ3n) is 2.57. The van der Waals surface area contributed by atoms with Crippen molar-refractivity contribution in [1.82, 2.24) is 4.57 Å². The summed E-state index contributed by atoms with van der Waals surface area (Å²) in [6.07, 6.45) is 1.85. The van der Waals surface area contributed by atoms with Gasteiger partial charge in [0.2, 0.25) is 0 Å². The Morgan fingerprint density at radius 1 is 1.25 bits per heavy atom. The lowest BCUT2D eigenvalue weighted by atomic mass is 10.3. The molecule has 82 valence electrons. The van der Waals surface area contributed by atoms with Crippen molar-refractivity contribution in [3.63, 3.8) is 0 Å². The van der Waals surface area contributed by atoms with Crippen molar-refractivity contribution in [2.45, 2.75) is 6.92 Å². The Hall–Kier alpha value is -1.54. The van der Waals surface area contributed by atoms with Gasteiger partial charge in [-0.2, -0.15) is 0 Å². The molecule has 2 nitrogen and oxygen atoms in total. The number of rotatable bonds is 2. The maximum Gasteiger partial charge on any atom is 0.0645 e. The molecule has 0 spiro atoms. The van der Waals surface area contributed by atoms with Gasteiger partial charge in [0.1, 0.15) is 0 Å². The Bertz CT molecular complexity index is 526. The number of aryl methyl sites for hydroxylation is 1. The van der Waals surface area contributed by atoms with E-state index in [0.29, 0.717) is 5.02 Å². The lowest BCUT2D eigenvalue weighted by Crippen LogP contribution is -1.96. The molecule has 0 aliphatic heterocycles. The molecule has 2 aromatic rings. The number of halogens is 1. The topological polar surface area (TPSA) is 17.3 Å². The first-order valence-electron chi connectivity index (χ1n) is 5.09. The van der Waals surface area contributed by atoms with Crippen LogP contribution < -0.4 is 0 Å². The van der Waals surface area contributed by atoms with Gasteiger partial charge in [0.15, 0.2) is 0 Å². The molecule has 1 heterocycles. The van der Waals surface area contributed by atoms with E-state index in [2.05, 4.69) is 22.5 Å². The standard InChI is InChI=1S/C13H13ClN2/c1-10-6-7-13(16(10)2)9-15-12-5-3-4-11(14)8-12/h3-9H,1-2H3. The van der Waals surface area contributed by atoms with Crippen molar-refractivity contribution in [1.29, 1.82) is 0 Å². The van der Waals surface area contributed by atoms with Crippen LogP contribution in [0.4, 0.5) is 5.69 Å². The van der Waals surface area contributed by atoms with Gasteiger partial charge in [-0.25, -0.2) is 0 Å². The highest BCUT2D eigenvalue weighted by molar-refractivity contribution is 6.30. The molecule has 0 unspecified atom stereocenters. The largest absolute Gasteiger partial charge is 0.347 e. The summed E-state index contributed by atoms with van der Waals surface area (Å²) < 4.78 is 2.09. The molecule has 0 N–H and O–H groups in total. The zero-order chi connectivity index (χ0) is 11.5. The highest BCUT2D eigenvalue weighted by Gasteiger charge is 1.97. The predicted molar refractivity (Wildman–Crippen MR) is 68.9 cm³/mol. The average Bonchev–Trinajstić information content (AvgIpc) is 2.57. The summed E-state index contributed by atoms with van der Waals surface area (Å²) in [6, 6.07) is 11.6. The van der Waals surface area contributed by atoms with Crippen LogP contribution in [0.3, 0.4) is 0 Å². The van der Waals surface area contributed by atoms with Gasteiger partial charge in [0.25, 0.3) is 0 Å². The van der Waals surface area contributed by atoms with E-state index >= 15 is 0 Å². The lowest BCUT2D eigenvalue weighted by molar-refractivity contribution is 0.874. The monoisotopic (exact) mass is 232 g/mol. The quantitative estimate of drug-likeness (QED) is 0.702. The van der Waals surface area contributed by atoms with Crippen molar-refractivity contribution in [2.24, 2.45) is 12.0 Å². The second-order valence-corrected chi connectivity index (χ2v) is 4.13. The summed E-state index contributed by atoms with van der Waals surface area (Å²) in [6.45, 7) is 2.07. The van der Waals surface area contributed by atoms with Crippen LogP contribution >= 0.6 is 11.6 Å². The van der Waals surface area contributed by atoms with Crippen LogP contribution in [0.1, 0.15) is 11.4 Å². The molecule has 1 aromatic heterocycles. The van der Waals surface area contributed by atoms with E-state index in [1.165, 1.54) is 5.69 Å². The molecule has 0 saturated carbocycles. The van der Waals surface area contributed by atoms with E-state index in [4.69, 9.17) is 11.6 Å². The molecule has 0 radical (unpaired) electrons. The summed E-state index contributed by atoms with van der Waals surface area (Å²) in [5.41, 5.74) is 3.16. The lowest BCUT2D eigenvalue weighted by Gasteiger charge is -1.99. The molecule has 0 fully saturated rings. The van der Waals surface area contributed by atoms with E-state index in [1.54, 1.807) is 0 Å². The number of hydrogen-bond acceptors (Lipinski definition) is 1. The molecule has 0 bridgehead atoms. The van der Waals surface area contributed by atoms with E-state index in [9.17, 15) is 0 Å². The smallest absolute Gasteiger partial charge is 0.0645 e. The highest BCUT2D eigenvalue weighted by Crippen LogP contribution is 2.17. The predicted octanol–water partition coefficient (Wildman–Crippen LogP) is 3.74. The SMILES string of the molecule is Cc1ccc(C=Nc2cccc(Cl)c2)n1C. The maximum absolute atomic E-state index is 5.88. The maximum atomic E-state index is 5.88. The van der Waals surface area contributed by atoms with E-state index < -0.39 is 0 Å². The molecular formula is C13H13ClN2. The van der Waals surface area contributed by atoms with E-state index in [1.807, 2.05) is 43.6 Å². The van der Waals surface area contributed by atoms with E-state index in [-0.39, 0.29) is 0 Å². The third-order valence-corrected chi connectivity index (χ3v) is 2.80. The van der Waals surface area contributed by atoms with Crippen molar-refractivity contribution in [3.05, 3.63) is 52.8 Å². The van der Waals surface area contributed by atoms with Crippen LogP contribution in [-0.4, -0.2) is 10.8 Å². The molecule has 3 heteroatoms. The van der Waals surface area contributed by atoms with Crippen molar-refractivity contribution in [2.75, 3.05) is 0 Å². The third kappa shape index (κ3) is 2.34. The van der Waals surface area contributed by atoms with Crippen LogP contribution in [0.2, 0.25) is 5.02 Å². The number of nitrogens with zero attached hydrogens (tertiary/aromatic N) is 2. The van der Waals surface area contributed by atoms with Crippen LogP contribution in [0, 0.1) is 6.92 Å². The number of benzene rings is 1. The number of aliphatic imine (C=N–C) groups is 1. The van der Waals surface area contributed by atoms with Crippen LogP contribution in [0.15, 0.2) is 41.4 Å². The zero-order valence-electron chi connectivity index (χ0n) is 9.31. The molecule has 0 atom stereocenters. The molecule has 0 saturated heterocycles. The number of aromatic nitrogens is 1. The second-order valence-electron chi connectivity index (χ2n) is 3.70. The van der Waals surface area contributed by atoms with Crippen LogP contribution in [0.25, 0.3) is 0 Å². The zero-order valence-corrected chi connectivity index (χ0v) is 10.1. The fourth-order valence-corrected chi connectivity index (χ4v) is 1.64. The Morgan fingerprint density at radius 3 is 2.69 bits per heavy atom. The highest BCUT2D eigenvalue weighted by atomic mass is 35.5. The fraction of sp³-hybridized carbons (Fsp3) is 0.154. The molecule has 16 heavy (non-hydrogen) atoms. The molecule has 0 amide bonds. The van der Waals surface area contributed by atoms with Gasteiger partial charge in [0.05, 0.1) is 17.6 Å². The minimum atomic E-state index is 0.706. The molecule has 2 rings (SSSR count). The Morgan fingerprint density at radius 2 is 2.06 bits per heavy atom. The van der Waals surface area contributed by atoms with Gasteiger partial charge in [-0.05, 0) is 37.3 Å². The molecule has 1 aromatic carbocycles. The van der Waals surface area contributed by atoms with Crippen LogP contribution in [0.5, 0.6) is 0 Å². The Balaban J connectivity index is 2.24. The molecule has 0 aliphatic rings. The molecular weight excluding hydrogens is 220 g/mol. The van der Waals surface area contributed by atoms with Gasteiger partial charge in [0, 0.05) is 17.8 Å². The first-order valence-corrected chi connectivity index (χ1v) is 5.46. The van der Waals surface area contributed by atoms with Gasteiger partial charge in [-0.1, -0.05) is 17.7 Å². The summed E-state index contributed by atoms with van der Waals surface area (Å²) in [7, 11) is 2.02. The average molecular weight is 233 g/mol. The van der Waals surface area contributed by atoms with Gasteiger partial charge in [-0.15, -0.1) is 0 Å².